The van der Waals surface area contributed by atoms with E-state index in [1.54, 1.807) is 9.80 Å². The number of likely N-dealkylation sites (N-methyl/N-ethyl adjacent to an activating group) is 1. The van der Waals surface area contributed by atoms with Gasteiger partial charge in [-0.2, -0.15) is 0 Å². The second-order valence-corrected chi connectivity index (χ2v) is 35.0. The molecule has 0 bridgehead atoms. The standard InChI is InChI=1S/C97H187N7O16/c1-10-18-26-34-38-46-62-82(58-42-30-22-14-5)94(113)117-74-54-50-66-98-90(109)86(105)78-103(79-87(106)91(110)99-67-51-55-75-118-95(114)83(59-43-31-23-15-6)63-47-39-35-27-19-11-2)72-70-102(9)71-73-104(80-88(107)92(111)100-68-52-56-76-119-96(115)84(60-44-32-24-16-7)64-48-40-36-28-20-12-3)81-89(108)93(112)101-69-53-57-77-120-97(116)85(61-45-33-25-17-8)65-49-41-37-29-21-13-4/h82-89,105-108H,10-81H2,1-9H3,(H,98,109)(H,99,110)(H,100,111)(H,101,112). The molecule has 120 heavy (non-hydrogen) atoms. The van der Waals surface area contributed by atoms with Gasteiger partial charge in [-0.3, -0.25) is 48.2 Å². The molecule has 706 valence electrons. The largest absolute Gasteiger partial charge is 0.465 e. The zero-order chi connectivity index (χ0) is 88.5. The number of nitrogens with zero attached hydrogens (tertiary/aromatic N) is 3. The van der Waals surface area contributed by atoms with Crippen molar-refractivity contribution in [2.24, 2.45) is 23.7 Å². The number of carbonyl (C=O) groups is 8. The Kier molecular flexibility index (Phi) is 80.8. The Bertz CT molecular complexity index is 2120. The minimum absolute atomic E-state index is 0.124. The first-order chi connectivity index (χ1) is 58.3. The van der Waals surface area contributed by atoms with Crippen LogP contribution in [0.25, 0.3) is 0 Å². The molecule has 8 unspecified atom stereocenters. The Balaban J connectivity index is 6.46. The van der Waals surface area contributed by atoms with Crippen LogP contribution in [0.1, 0.15) is 415 Å². The summed E-state index contributed by atoms with van der Waals surface area (Å²) in [6.45, 7) is 19.2. The predicted octanol–water partition coefficient (Wildman–Crippen LogP) is 18.1. The minimum atomic E-state index is -1.56. The Hall–Kier alpha value is -4.52. The van der Waals surface area contributed by atoms with Gasteiger partial charge in [0.2, 0.25) is 23.6 Å². The van der Waals surface area contributed by atoms with Crippen LogP contribution >= 0.6 is 0 Å². The van der Waals surface area contributed by atoms with Crippen LogP contribution in [-0.2, 0) is 57.3 Å². The molecule has 4 amide bonds. The van der Waals surface area contributed by atoms with Crippen molar-refractivity contribution >= 4 is 47.5 Å². The van der Waals surface area contributed by atoms with E-state index in [-0.39, 0.29) is 153 Å². The molecule has 0 saturated carbocycles. The van der Waals surface area contributed by atoms with Gasteiger partial charge in [0.15, 0.2) is 0 Å². The van der Waals surface area contributed by atoms with Crippen molar-refractivity contribution in [1.29, 1.82) is 0 Å². The van der Waals surface area contributed by atoms with Gasteiger partial charge in [0.1, 0.15) is 24.4 Å². The molecule has 0 spiro atoms. The van der Waals surface area contributed by atoms with Crippen LogP contribution in [0.15, 0.2) is 0 Å². The molecule has 0 aliphatic heterocycles. The monoisotopic (exact) mass is 1710 g/mol. The smallest absolute Gasteiger partial charge is 0.308 e. The molecule has 0 aromatic carbocycles. The topological polar surface area (TPSA) is 312 Å². The first-order valence-electron chi connectivity index (χ1n) is 49.9. The molecule has 0 fully saturated rings. The summed E-state index contributed by atoms with van der Waals surface area (Å²) >= 11 is 0. The SMILES string of the molecule is CCCCCCCCC(CCCCCC)C(=O)OCCCCNC(=O)C(O)CN(CCN(C)CCN(CC(O)C(=O)NCCCCOC(=O)C(CCCCCC)CCCCCCCC)CC(O)C(=O)NCCCCOC(=O)C(CCCCCC)CCCCCCCC)CC(O)C(=O)NCCCCOC(=O)C(CCCCCC)CCCCCCCC. The quantitative estimate of drug-likeness (QED) is 0.0159. The number of carbonyl (C=O) groups excluding carboxylic acids is 8. The molecule has 23 nitrogen and oxygen atoms in total. The molecule has 8 atom stereocenters. The highest BCUT2D eigenvalue weighted by atomic mass is 16.5. The number of hydrogen-bond donors (Lipinski definition) is 8. The molecule has 0 saturated heterocycles. The van der Waals surface area contributed by atoms with E-state index in [0.29, 0.717) is 51.4 Å². The normalized spacial score (nSPS) is 13.7. The third-order valence-electron chi connectivity index (χ3n) is 23.6. The lowest BCUT2D eigenvalue weighted by Crippen LogP contribution is -2.51. The number of aliphatic hydroxyl groups excluding tert-OH is 4. The number of esters is 4. The average Bonchev–Trinajstić information content (AvgIpc) is 0.893. The van der Waals surface area contributed by atoms with Crippen LogP contribution < -0.4 is 21.3 Å². The predicted molar refractivity (Wildman–Crippen MR) is 488 cm³/mol. The number of aliphatic hydroxyl groups is 4. The second-order valence-electron chi connectivity index (χ2n) is 35.0. The summed E-state index contributed by atoms with van der Waals surface area (Å²) in [5, 5.41) is 57.1. The molecule has 0 radical (unpaired) electrons. The van der Waals surface area contributed by atoms with E-state index >= 15 is 0 Å². The molecule has 0 rings (SSSR count). The molecule has 0 aromatic heterocycles. The number of amides is 4. The van der Waals surface area contributed by atoms with E-state index < -0.39 is 48.0 Å². The molecule has 0 heterocycles. The van der Waals surface area contributed by atoms with Crippen molar-refractivity contribution in [3.63, 3.8) is 0 Å². The van der Waals surface area contributed by atoms with Crippen LogP contribution in [0.4, 0.5) is 0 Å². The Morgan fingerprint density at radius 3 is 0.583 bits per heavy atom. The first-order valence-corrected chi connectivity index (χ1v) is 49.9. The summed E-state index contributed by atoms with van der Waals surface area (Å²) in [5.74, 6) is -3.70. The summed E-state index contributed by atoms with van der Waals surface area (Å²) in [6, 6.07) is 0. The van der Waals surface area contributed by atoms with Crippen molar-refractivity contribution < 1.29 is 77.7 Å². The van der Waals surface area contributed by atoms with E-state index in [2.05, 4.69) is 76.7 Å². The van der Waals surface area contributed by atoms with Crippen LogP contribution in [-0.4, -0.2) is 219 Å². The maximum Gasteiger partial charge on any atom is 0.308 e. The van der Waals surface area contributed by atoms with E-state index in [1.807, 2.05) is 11.9 Å². The number of rotatable bonds is 90. The van der Waals surface area contributed by atoms with Crippen LogP contribution in [0.2, 0.25) is 0 Å². The summed E-state index contributed by atoms with van der Waals surface area (Å²) in [4.78, 5) is 113. The van der Waals surface area contributed by atoms with Crippen LogP contribution in [0.5, 0.6) is 0 Å². The van der Waals surface area contributed by atoms with Gasteiger partial charge < -0.3 is 65.5 Å². The Morgan fingerprint density at radius 1 is 0.233 bits per heavy atom. The number of nitrogens with one attached hydrogen (secondary N) is 4. The van der Waals surface area contributed by atoms with Gasteiger partial charge in [-0.05, 0) is 110 Å². The third kappa shape index (κ3) is 67.8. The molecule has 0 aromatic rings. The highest BCUT2D eigenvalue weighted by Crippen LogP contribution is 2.26. The van der Waals surface area contributed by atoms with Crippen molar-refractivity contribution in [3.8, 4) is 0 Å². The maximum absolute atomic E-state index is 13.6. The number of hydrogen-bond acceptors (Lipinski definition) is 19. The lowest BCUT2D eigenvalue weighted by atomic mass is 9.94. The Labute approximate surface area is 732 Å². The number of ether oxygens (including phenoxy) is 4. The third-order valence-corrected chi connectivity index (χ3v) is 23.6. The highest BCUT2D eigenvalue weighted by Gasteiger charge is 2.29. The first kappa shape index (κ1) is 115. The van der Waals surface area contributed by atoms with Crippen molar-refractivity contribution in [2.45, 2.75) is 439 Å². The van der Waals surface area contributed by atoms with Crippen molar-refractivity contribution in [3.05, 3.63) is 0 Å². The summed E-state index contributed by atoms with van der Waals surface area (Å²) in [5.41, 5.74) is 0. The van der Waals surface area contributed by atoms with Crippen LogP contribution in [0, 0.1) is 23.7 Å². The zero-order valence-corrected chi connectivity index (χ0v) is 78.6. The second kappa shape index (κ2) is 84.0. The Morgan fingerprint density at radius 2 is 0.400 bits per heavy atom. The van der Waals surface area contributed by atoms with Crippen LogP contribution in [0.3, 0.4) is 0 Å². The zero-order valence-electron chi connectivity index (χ0n) is 78.6. The number of unbranched alkanes of at least 4 members (excludes halogenated alkanes) is 36. The molecular formula is C97H187N7O16. The van der Waals surface area contributed by atoms with Gasteiger partial charge >= 0.3 is 23.9 Å². The van der Waals surface area contributed by atoms with Crippen molar-refractivity contribution in [2.75, 3.05) is 112 Å². The minimum Gasteiger partial charge on any atom is -0.465 e. The van der Waals surface area contributed by atoms with Gasteiger partial charge in [-0.25, -0.2) is 0 Å². The fourth-order valence-corrected chi connectivity index (χ4v) is 15.4. The summed E-state index contributed by atoms with van der Waals surface area (Å²) in [6.07, 6.45) is 49.5. The fourth-order valence-electron chi connectivity index (χ4n) is 15.4. The lowest BCUT2D eigenvalue weighted by Gasteiger charge is -2.31. The van der Waals surface area contributed by atoms with E-state index in [4.69, 9.17) is 18.9 Å². The highest BCUT2D eigenvalue weighted by molar-refractivity contribution is 5.82. The van der Waals surface area contributed by atoms with Gasteiger partial charge in [0.05, 0.1) is 50.1 Å². The molecule has 23 heteroatoms. The van der Waals surface area contributed by atoms with Gasteiger partial charge in [-0.1, -0.05) is 312 Å². The van der Waals surface area contributed by atoms with Crippen molar-refractivity contribution in [1.82, 2.24) is 36.0 Å². The van der Waals surface area contributed by atoms with E-state index in [1.165, 1.54) is 103 Å². The van der Waals surface area contributed by atoms with E-state index in [9.17, 15) is 58.8 Å². The maximum atomic E-state index is 13.6. The average molecular weight is 1710 g/mol. The molecule has 0 aliphatic carbocycles. The summed E-state index contributed by atoms with van der Waals surface area (Å²) in [7, 11) is 1.82. The molecular weight excluding hydrogens is 1520 g/mol. The molecule has 8 N–H and O–H groups in total. The lowest BCUT2D eigenvalue weighted by molar-refractivity contribution is -0.150. The molecule has 0 aliphatic rings. The van der Waals surface area contributed by atoms with Gasteiger partial charge in [0, 0.05) is 78.5 Å². The van der Waals surface area contributed by atoms with Gasteiger partial charge in [0.25, 0.3) is 0 Å². The van der Waals surface area contributed by atoms with Gasteiger partial charge in [-0.15, -0.1) is 0 Å². The fraction of sp³-hybridized carbons (Fsp3) is 0.918. The summed E-state index contributed by atoms with van der Waals surface area (Å²) < 4.78 is 23.2. The van der Waals surface area contributed by atoms with E-state index in [0.717, 1.165) is 205 Å².